The third-order valence-corrected chi connectivity index (χ3v) is 9.29. The minimum Gasteiger partial charge on any atom is -0.480 e. The van der Waals surface area contributed by atoms with E-state index in [1.807, 2.05) is 43.7 Å². The van der Waals surface area contributed by atoms with Crippen LogP contribution in [0.1, 0.15) is 69.9 Å². The van der Waals surface area contributed by atoms with E-state index < -0.39 is 12.0 Å². The highest BCUT2D eigenvalue weighted by Gasteiger charge is 2.42. The number of rotatable bonds is 12. The highest BCUT2D eigenvalue weighted by Crippen LogP contribution is 2.43. The summed E-state index contributed by atoms with van der Waals surface area (Å²) in [6.07, 6.45) is 3.74. The topological polar surface area (TPSA) is 73.3 Å². The lowest BCUT2D eigenvalue weighted by Crippen LogP contribution is -2.49. The number of piperidine rings is 1. The molecule has 7 nitrogen and oxygen atoms in total. The molecule has 0 radical (unpaired) electrons. The first-order valence-corrected chi connectivity index (χ1v) is 15.7. The number of amides is 1. The van der Waals surface area contributed by atoms with Gasteiger partial charge in [-0.05, 0) is 92.3 Å². The number of likely N-dealkylation sites (N-methyl/N-ethyl adjacent to an activating group) is 1. The maximum absolute atomic E-state index is 14.3. The van der Waals surface area contributed by atoms with Crippen LogP contribution in [0.15, 0.2) is 48.5 Å². The van der Waals surface area contributed by atoms with Crippen LogP contribution in [0.3, 0.4) is 0 Å². The van der Waals surface area contributed by atoms with Gasteiger partial charge < -0.3 is 19.6 Å². The van der Waals surface area contributed by atoms with Gasteiger partial charge in [0.25, 0.3) is 0 Å². The predicted octanol–water partition coefficient (Wildman–Crippen LogP) is 7.22. The van der Waals surface area contributed by atoms with Crippen molar-refractivity contribution in [2.24, 2.45) is 11.8 Å². The standard InChI is InChI=1S/C34H47F2N3O4.2ClH/c1-5-14-39(34(42)43-22-24-8-6-10-27(35)17-24)29-12-15-38(16-13-29)21-26-19-30(37(4)32(23(2)3)33(40)41)20-31(26)25-9-7-11-28(36)18-25;;/h6-11,17-18,23,26,29-32H,5,12-16,19-22H2,1-4H3,(H,40,41);2*1H/t26?,30?,31?,32-;;/m1../s1. The van der Waals surface area contributed by atoms with E-state index in [2.05, 4.69) is 4.90 Å². The quantitative estimate of drug-likeness (QED) is 0.257. The summed E-state index contributed by atoms with van der Waals surface area (Å²) in [6.45, 7) is 9.06. The Labute approximate surface area is 279 Å². The van der Waals surface area contributed by atoms with Crippen molar-refractivity contribution in [2.45, 2.75) is 83.5 Å². The van der Waals surface area contributed by atoms with E-state index in [9.17, 15) is 23.5 Å². The van der Waals surface area contributed by atoms with Crippen LogP contribution in [0, 0.1) is 23.5 Å². The Bertz CT molecular complexity index is 1230. The van der Waals surface area contributed by atoms with Crippen LogP contribution in [0.25, 0.3) is 0 Å². The molecule has 4 rings (SSSR count). The van der Waals surface area contributed by atoms with Crippen molar-refractivity contribution in [1.82, 2.24) is 14.7 Å². The van der Waals surface area contributed by atoms with Crippen LogP contribution in [-0.4, -0.2) is 83.2 Å². The lowest BCUT2D eigenvalue weighted by Gasteiger charge is -2.39. The molecule has 2 aliphatic rings. The van der Waals surface area contributed by atoms with Gasteiger partial charge in [0.2, 0.25) is 0 Å². The summed E-state index contributed by atoms with van der Waals surface area (Å²) < 4.78 is 33.4. The van der Waals surface area contributed by atoms with Crippen molar-refractivity contribution in [3.8, 4) is 0 Å². The zero-order valence-electron chi connectivity index (χ0n) is 26.7. The van der Waals surface area contributed by atoms with Crippen molar-refractivity contribution in [3.05, 3.63) is 71.3 Å². The highest BCUT2D eigenvalue weighted by atomic mass is 35.5. The smallest absolute Gasteiger partial charge is 0.410 e. The van der Waals surface area contributed by atoms with Crippen LogP contribution in [-0.2, 0) is 16.1 Å². The fraction of sp³-hybridized carbons (Fsp3) is 0.588. The number of nitrogens with zero attached hydrogens (tertiary/aromatic N) is 3. The summed E-state index contributed by atoms with van der Waals surface area (Å²) in [7, 11) is 1.91. The Kier molecular flexibility index (Phi) is 15.5. The van der Waals surface area contributed by atoms with Gasteiger partial charge in [0.15, 0.2) is 0 Å². The van der Waals surface area contributed by atoms with Gasteiger partial charge in [0, 0.05) is 38.3 Å². The summed E-state index contributed by atoms with van der Waals surface area (Å²) in [5, 5.41) is 9.92. The van der Waals surface area contributed by atoms with E-state index >= 15 is 0 Å². The molecule has 1 amide bonds. The number of hydrogen-bond acceptors (Lipinski definition) is 5. The van der Waals surface area contributed by atoms with Gasteiger partial charge in [0.1, 0.15) is 24.3 Å². The summed E-state index contributed by atoms with van der Waals surface area (Å²) in [4.78, 5) is 31.4. The second kappa shape index (κ2) is 18.0. The number of aliphatic carboxylic acids is 1. The van der Waals surface area contributed by atoms with Gasteiger partial charge in [-0.1, -0.05) is 45.0 Å². The molecule has 4 atom stereocenters. The summed E-state index contributed by atoms with van der Waals surface area (Å²) in [6, 6.07) is 12.5. The molecule has 0 aromatic heterocycles. The third kappa shape index (κ3) is 10.3. The van der Waals surface area contributed by atoms with Gasteiger partial charge in [-0.15, -0.1) is 24.8 Å². The van der Waals surface area contributed by atoms with Crippen molar-refractivity contribution < 1.29 is 28.2 Å². The molecule has 0 spiro atoms. The van der Waals surface area contributed by atoms with E-state index in [0.29, 0.717) is 12.1 Å². The number of likely N-dealkylation sites (tertiary alicyclic amines) is 1. The second-order valence-corrected chi connectivity index (χ2v) is 12.6. The van der Waals surface area contributed by atoms with E-state index in [1.165, 1.54) is 18.2 Å². The zero-order chi connectivity index (χ0) is 31.1. The first-order chi connectivity index (χ1) is 20.6. The van der Waals surface area contributed by atoms with Crippen LogP contribution >= 0.6 is 24.8 Å². The van der Waals surface area contributed by atoms with Crippen LogP contribution in [0.5, 0.6) is 0 Å². The highest BCUT2D eigenvalue weighted by molar-refractivity contribution is 5.85. The number of benzene rings is 2. The molecule has 1 heterocycles. The summed E-state index contributed by atoms with van der Waals surface area (Å²) in [5.41, 5.74) is 1.60. The monoisotopic (exact) mass is 671 g/mol. The van der Waals surface area contributed by atoms with Crippen molar-refractivity contribution >= 4 is 36.9 Å². The van der Waals surface area contributed by atoms with Gasteiger partial charge in [-0.3, -0.25) is 9.69 Å². The molecule has 2 aromatic rings. The van der Waals surface area contributed by atoms with Crippen molar-refractivity contribution in [2.75, 3.05) is 33.2 Å². The van der Waals surface area contributed by atoms with E-state index in [4.69, 9.17) is 4.74 Å². The molecule has 45 heavy (non-hydrogen) atoms. The third-order valence-electron chi connectivity index (χ3n) is 9.29. The number of carbonyl (C=O) groups excluding carboxylic acids is 1. The molecule has 2 fully saturated rings. The molecule has 1 saturated carbocycles. The van der Waals surface area contributed by atoms with Crippen molar-refractivity contribution in [1.29, 1.82) is 0 Å². The minimum atomic E-state index is -0.809. The number of carboxylic acids is 1. The summed E-state index contributed by atoms with van der Waals surface area (Å²) in [5.74, 6) is -1.05. The fourth-order valence-electron chi connectivity index (χ4n) is 7.20. The molecule has 11 heteroatoms. The van der Waals surface area contributed by atoms with E-state index in [-0.39, 0.29) is 79.0 Å². The van der Waals surface area contributed by atoms with E-state index in [0.717, 1.165) is 57.3 Å². The van der Waals surface area contributed by atoms with Crippen LogP contribution < -0.4 is 0 Å². The molecule has 3 unspecified atom stereocenters. The number of carbonyl (C=O) groups is 2. The van der Waals surface area contributed by atoms with Gasteiger partial charge in [-0.25, -0.2) is 13.6 Å². The molecule has 1 saturated heterocycles. The second-order valence-electron chi connectivity index (χ2n) is 12.6. The normalized spacial score (nSPS) is 21.2. The molecule has 2 aromatic carbocycles. The first-order valence-electron chi connectivity index (χ1n) is 15.7. The molecule has 1 N–H and O–H groups in total. The number of ether oxygens (including phenoxy) is 1. The molecular weight excluding hydrogens is 623 g/mol. The van der Waals surface area contributed by atoms with E-state index in [1.54, 1.807) is 24.3 Å². The van der Waals surface area contributed by atoms with Crippen LogP contribution in [0.2, 0.25) is 0 Å². The Balaban J connectivity index is 0.00000353. The Morgan fingerprint density at radius 3 is 2.22 bits per heavy atom. The molecule has 252 valence electrons. The summed E-state index contributed by atoms with van der Waals surface area (Å²) >= 11 is 0. The maximum atomic E-state index is 14.3. The Morgan fingerprint density at radius 1 is 1.00 bits per heavy atom. The average Bonchev–Trinajstić information content (AvgIpc) is 3.39. The number of hydrogen-bond donors (Lipinski definition) is 1. The average molecular weight is 673 g/mol. The lowest BCUT2D eigenvalue weighted by molar-refractivity contribution is -0.145. The predicted molar refractivity (Wildman–Crippen MR) is 177 cm³/mol. The van der Waals surface area contributed by atoms with Gasteiger partial charge >= 0.3 is 12.1 Å². The lowest BCUT2D eigenvalue weighted by atomic mass is 9.88. The number of carboxylic acid groups (broad SMARTS) is 1. The maximum Gasteiger partial charge on any atom is 0.410 e. The SMILES string of the molecule is CCCN(C(=O)OCc1cccc(F)c1)C1CCN(CC2CC(N(C)[C@@H](C(=O)O)C(C)C)CC2c2cccc(F)c2)CC1.Cl.Cl. The van der Waals surface area contributed by atoms with Gasteiger partial charge in [-0.2, -0.15) is 0 Å². The fourth-order valence-corrected chi connectivity index (χ4v) is 7.20. The minimum absolute atomic E-state index is 0. The van der Waals surface area contributed by atoms with Crippen LogP contribution in [0.4, 0.5) is 13.6 Å². The molecule has 1 aliphatic carbocycles. The van der Waals surface area contributed by atoms with Gasteiger partial charge in [0.05, 0.1) is 0 Å². The number of halogens is 4. The zero-order valence-corrected chi connectivity index (χ0v) is 28.4. The molecule has 1 aliphatic heterocycles. The Hall–Kier alpha value is -2.46. The Morgan fingerprint density at radius 2 is 1.64 bits per heavy atom. The largest absolute Gasteiger partial charge is 0.480 e. The van der Waals surface area contributed by atoms with Crippen molar-refractivity contribution in [3.63, 3.8) is 0 Å². The molecular formula is C34H49Cl2F2N3O4. The first kappa shape index (κ1) is 38.7. The molecule has 0 bridgehead atoms.